The number of hydrogen-bond donors (Lipinski definition) is 1. The van der Waals surface area contributed by atoms with Gasteiger partial charge >= 0.3 is 0 Å². The molecule has 0 bridgehead atoms. The monoisotopic (exact) mass is 422 g/mol. The van der Waals surface area contributed by atoms with Gasteiger partial charge in [-0.3, -0.25) is 4.98 Å². The highest BCUT2D eigenvalue weighted by atomic mass is 35.5. The van der Waals surface area contributed by atoms with Gasteiger partial charge in [0.1, 0.15) is 33.1 Å². The third kappa shape index (κ3) is 5.13. The van der Waals surface area contributed by atoms with Crippen molar-refractivity contribution in [2.45, 2.75) is 44.4 Å². The molecule has 9 heteroatoms. The van der Waals surface area contributed by atoms with Crippen LogP contribution >= 0.6 is 11.6 Å². The molecule has 0 aliphatic carbocycles. The van der Waals surface area contributed by atoms with Crippen LogP contribution < -0.4 is 4.72 Å². The van der Waals surface area contributed by atoms with Crippen molar-refractivity contribution >= 4 is 23.0 Å². The van der Waals surface area contributed by atoms with E-state index in [1.54, 1.807) is 20.8 Å². The maximum absolute atomic E-state index is 14.6. The summed E-state index contributed by atoms with van der Waals surface area (Å²) in [5, 5.41) is -0.703. The minimum atomic E-state index is -3.14. The minimum Gasteiger partial charge on any atom is -0.598 e. The second-order valence-electron chi connectivity index (χ2n) is 7.06. The lowest BCUT2D eigenvalue weighted by molar-refractivity contribution is 0.0127. The second kappa shape index (κ2) is 7.95. The van der Waals surface area contributed by atoms with Gasteiger partial charge in [-0.2, -0.15) is 8.78 Å². The molecule has 0 saturated heterocycles. The topological polar surface area (TPSA) is 48.0 Å². The first-order valence-electron chi connectivity index (χ1n) is 7.98. The Morgan fingerprint density at radius 3 is 2.22 bits per heavy atom. The highest BCUT2D eigenvalue weighted by molar-refractivity contribution is 7.90. The summed E-state index contributed by atoms with van der Waals surface area (Å²) in [4.78, 5) is 3.72. The molecule has 0 fully saturated rings. The molecule has 1 heterocycles. The summed E-state index contributed by atoms with van der Waals surface area (Å²) in [6.07, 6.45) is 1.14. The fraction of sp³-hybridized carbons (Fsp3) is 0.389. The van der Waals surface area contributed by atoms with Gasteiger partial charge in [-0.1, -0.05) is 23.7 Å². The van der Waals surface area contributed by atoms with Crippen molar-refractivity contribution < 1.29 is 22.1 Å². The van der Waals surface area contributed by atoms with E-state index in [1.807, 2.05) is 0 Å². The van der Waals surface area contributed by atoms with Crippen LogP contribution in [0.15, 0.2) is 30.5 Å². The molecule has 2 aromatic rings. The standard InChI is InChI=1S/C18H19ClF4N2OS/c1-17(2,3)27(26)25-16(11-6-7-12(20)14(19)15(11)21)10-5-8-13(24-9-10)18(4,22)23/h5-9,16,25H,1-4H3/t16-,27?/m1/s1. The Hall–Kier alpha value is -1.35. The Balaban J connectivity index is 2.52. The summed E-state index contributed by atoms with van der Waals surface area (Å²) in [5.41, 5.74) is -0.251. The Bertz CT molecular complexity index is 807. The predicted molar refractivity (Wildman–Crippen MR) is 98.0 cm³/mol. The third-order valence-corrected chi connectivity index (χ3v) is 5.64. The van der Waals surface area contributed by atoms with E-state index in [9.17, 15) is 22.1 Å². The number of alkyl halides is 2. The van der Waals surface area contributed by atoms with Crippen LogP contribution in [-0.2, 0) is 17.3 Å². The average molecular weight is 423 g/mol. The molecule has 0 spiro atoms. The first-order chi connectivity index (χ1) is 12.3. The molecule has 1 N–H and O–H groups in total. The fourth-order valence-corrected chi connectivity index (χ4v) is 3.20. The Kier molecular flexibility index (Phi) is 6.46. The highest BCUT2D eigenvalue weighted by Crippen LogP contribution is 2.33. The lowest BCUT2D eigenvalue weighted by Crippen LogP contribution is -2.41. The molecule has 0 radical (unpaired) electrons. The molecule has 3 nitrogen and oxygen atoms in total. The fourth-order valence-electron chi connectivity index (χ4n) is 2.19. The number of halogens is 5. The van der Waals surface area contributed by atoms with Crippen molar-refractivity contribution in [3.05, 3.63) is 63.9 Å². The summed E-state index contributed by atoms with van der Waals surface area (Å²) in [6.45, 7) is 5.83. The van der Waals surface area contributed by atoms with Gasteiger partial charge in [0.25, 0.3) is 5.92 Å². The zero-order valence-electron chi connectivity index (χ0n) is 15.1. The van der Waals surface area contributed by atoms with Gasteiger partial charge in [0.05, 0.1) is 0 Å². The van der Waals surface area contributed by atoms with E-state index in [4.69, 9.17) is 11.6 Å². The van der Waals surface area contributed by atoms with Crippen LogP contribution in [-0.4, -0.2) is 14.3 Å². The highest BCUT2D eigenvalue weighted by Gasteiger charge is 2.33. The van der Waals surface area contributed by atoms with Crippen molar-refractivity contribution in [1.82, 2.24) is 9.71 Å². The normalized spacial score (nSPS) is 14.9. The number of nitrogens with one attached hydrogen (secondary N) is 1. The zero-order chi connectivity index (χ0) is 20.6. The van der Waals surface area contributed by atoms with E-state index < -0.39 is 50.4 Å². The number of hydrogen-bond acceptors (Lipinski definition) is 3. The first-order valence-corrected chi connectivity index (χ1v) is 9.51. The van der Waals surface area contributed by atoms with Crippen molar-refractivity contribution in [1.29, 1.82) is 0 Å². The van der Waals surface area contributed by atoms with Gasteiger partial charge in [-0.15, -0.1) is 4.72 Å². The maximum Gasteiger partial charge on any atom is 0.286 e. The lowest BCUT2D eigenvalue weighted by atomic mass is 10.00. The van der Waals surface area contributed by atoms with Crippen LogP contribution in [0.4, 0.5) is 17.6 Å². The molecule has 0 aliphatic rings. The van der Waals surface area contributed by atoms with Crippen LogP contribution in [0.25, 0.3) is 0 Å². The SMILES string of the molecule is CC(F)(F)c1ccc([C@@H](N[S+]([O-])C(C)(C)C)c2ccc(F)c(Cl)c2F)cn1. The molecular formula is C18H19ClF4N2OS. The average Bonchev–Trinajstić information content (AvgIpc) is 2.56. The molecule has 0 saturated carbocycles. The Morgan fingerprint density at radius 1 is 1.11 bits per heavy atom. The van der Waals surface area contributed by atoms with E-state index in [2.05, 4.69) is 9.71 Å². The van der Waals surface area contributed by atoms with Gasteiger partial charge in [0.2, 0.25) is 0 Å². The van der Waals surface area contributed by atoms with Crippen molar-refractivity contribution in [2.75, 3.05) is 0 Å². The Labute approximate surface area is 163 Å². The molecule has 1 unspecified atom stereocenters. The number of rotatable bonds is 5. The summed E-state index contributed by atoms with van der Waals surface area (Å²) in [7, 11) is 0. The van der Waals surface area contributed by atoms with Crippen molar-refractivity contribution in [3.63, 3.8) is 0 Å². The van der Waals surface area contributed by atoms with E-state index in [0.717, 1.165) is 24.4 Å². The van der Waals surface area contributed by atoms with Crippen LogP contribution in [0.5, 0.6) is 0 Å². The van der Waals surface area contributed by atoms with Gasteiger partial charge in [0.15, 0.2) is 0 Å². The summed E-state index contributed by atoms with van der Waals surface area (Å²) in [6, 6.07) is 3.55. The second-order valence-corrected chi connectivity index (χ2v) is 9.44. The summed E-state index contributed by atoms with van der Waals surface area (Å²) in [5.74, 6) is -5.10. The first kappa shape index (κ1) is 21.9. The van der Waals surface area contributed by atoms with Gasteiger partial charge in [-0.25, -0.2) is 8.78 Å². The van der Waals surface area contributed by atoms with E-state index in [1.165, 1.54) is 6.07 Å². The lowest BCUT2D eigenvalue weighted by Gasteiger charge is -2.28. The molecule has 0 amide bonds. The number of pyridine rings is 1. The quantitative estimate of drug-likeness (QED) is 0.406. The van der Waals surface area contributed by atoms with Gasteiger partial charge in [-0.05, 0) is 38.5 Å². The predicted octanol–water partition coefficient (Wildman–Crippen LogP) is 5.27. The van der Waals surface area contributed by atoms with Crippen LogP contribution in [0.1, 0.15) is 50.6 Å². The van der Waals surface area contributed by atoms with Crippen molar-refractivity contribution in [2.24, 2.45) is 0 Å². The van der Waals surface area contributed by atoms with E-state index in [0.29, 0.717) is 6.92 Å². The summed E-state index contributed by atoms with van der Waals surface area (Å²) >= 11 is 4.02. The van der Waals surface area contributed by atoms with Gasteiger partial charge in [0, 0.05) is 30.0 Å². The Morgan fingerprint density at radius 2 is 1.74 bits per heavy atom. The van der Waals surface area contributed by atoms with E-state index in [-0.39, 0.29) is 11.1 Å². The largest absolute Gasteiger partial charge is 0.598 e. The molecule has 148 valence electrons. The molecule has 1 aromatic heterocycles. The number of nitrogens with zero attached hydrogens (tertiary/aromatic N) is 1. The summed E-state index contributed by atoms with van der Waals surface area (Å²) < 4.78 is 69.5. The number of aromatic nitrogens is 1. The number of benzene rings is 1. The van der Waals surface area contributed by atoms with Crippen LogP contribution in [0, 0.1) is 11.6 Å². The molecule has 2 rings (SSSR count). The van der Waals surface area contributed by atoms with Crippen LogP contribution in [0.2, 0.25) is 5.02 Å². The molecule has 27 heavy (non-hydrogen) atoms. The minimum absolute atomic E-state index is 0.0724. The molecule has 2 atom stereocenters. The smallest absolute Gasteiger partial charge is 0.286 e. The molecule has 0 aliphatic heterocycles. The van der Waals surface area contributed by atoms with Crippen molar-refractivity contribution in [3.8, 4) is 0 Å². The zero-order valence-corrected chi connectivity index (χ0v) is 16.7. The van der Waals surface area contributed by atoms with Crippen LogP contribution in [0.3, 0.4) is 0 Å². The molecular weight excluding hydrogens is 404 g/mol. The third-order valence-electron chi connectivity index (χ3n) is 3.73. The van der Waals surface area contributed by atoms with E-state index >= 15 is 0 Å². The molecule has 1 aromatic carbocycles. The van der Waals surface area contributed by atoms with Gasteiger partial charge < -0.3 is 4.55 Å². The maximum atomic E-state index is 14.6.